The van der Waals surface area contributed by atoms with Gasteiger partial charge in [-0.15, -0.1) is 11.3 Å². The number of rotatable bonds is 6. The summed E-state index contributed by atoms with van der Waals surface area (Å²) >= 11 is 7.49. The molecule has 4 aromatic rings. The smallest absolute Gasteiger partial charge is 0.275 e. The molecule has 7 rings (SSSR count). The summed E-state index contributed by atoms with van der Waals surface area (Å²) in [5.41, 5.74) is 2.48. The molecule has 7 heteroatoms. The number of aromatic nitrogens is 2. The molecule has 0 spiro atoms. The first-order valence-electron chi connectivity index (χ1n) is 12.9. The molecule has 0 amide bonds. The molecule has 36 heavy (non-hydrogen) atoms. The summed E-state index contributed by atoms with van der Waals surface area (Å²) in [4.78, 5) is 21.6. The normalized spacial score (nSPS) is 23.9. The molecule has 2 aliphatic heterocycles. The Labute approximate surface area is 219 Å². The van der Waals surface area contributed by atoms with E-state index in [1.807, 2.05) is 54.6 Å². The van der Waals surface area contributed by atoms with Crippen molar-refractivity contribution < 1.29 is 4.74 Å². The van der Waals surface area contributed by atoms with Gasteiger partial charge < -0.3 is 4.74 Å². The lowest BCUT2D eigenvalue weighted by Gasteiger charge is -2.39. The number of benzene rings is 2. The van der Waals surface area contributed by atoms with Crippen LogP contribution in [0.3, 0.4) is 0 Å². The lowest BCUT2D eigenvalue weighted by molar-refractivity contribution is 0.0466. The second-order valence-electron chi connectivity index (χ2n) is 10.5. The molecule has 2 aromatic carbocycles. The first-order valence-corrected chi connectivity index (χ1v) is 14.1. The van der Waals surface area contributed by atoms with E-state index >= 15 is 0 Å². The van der Waals surface area contributed by atoms with Gasteiger partial charge in [0, 0.05) is 28.5 Å². The number of hydrogen-bond donors (Lipinski definition) is 0. The maximum absolute atomic E-state index is 13.3. The molecule has 1 unspecified atom stereocenters. The molecule has 4 heterocycles. The SMILES string of the molecule is O=c1c2sc(-c3ccc(Cl)cc3)cc2ncn1-c1ccc(OC2C[C@H]3CC[C@@H](C2)N3CC2CC2)cc1. The Balaban J connectivity index is 1.08. The zero-order valence-corrected chi connectivity index (χ0v) is 21.5. The van der Waals surface area contributed by atoms with E-state index in [-0.39, 0.29) is 11.7 Å². The summed E-state index contributed by atoms with van der Waals surface area (Å²) in [6.07, 6.45) is 9.62. The zero-order chi connectivity index (χ0) is 24.2. The third-order valence-electron chi connectivity index (χ3n) is 7.99. The average molecular weight is 518 g/mol. The monoisotopic (exact) mass is 517 g/mol. The van der Waals surface area contributed by atoms with Crippen molar-refractivity contribution in [3.63, 3.8) is 0 Å². The van der Waals surface area contributed by atoms with Gasteiger partial charge in [0.15, 0.2) is 0 Å². The predicted molar refractivity (Wildman–Crippen MR) is 146 cm³/mol. The highest BCUT2D eigenvalue weighted by molar-refractivity contribution is 7.22. The minimum absolute atomic E-state index is 0.0570. The van der Waals surface area contributed by atoms with Crippen molar-refractivity contribution in [1.82, 2.24) is 14.5 Å². The van der Waals surface area contributed by atoms with Crippen LogP contribution in [0.4, 0.5) is 0 Å². The van der Waals surface area contributed by atoms with Crippen LogP contribution >= 0.6 is 22.9 Å². The maximum atomic E-state index is 13.3. The third-order valence-corrected chi connectivity index (χ3v) is 9.40. The van der Waals surface area contributed by atoms with Crippen molar-refractivity contribution in [2.45, 2.75) is 56.7 Å². The topological polar surface area (TPSA) is 47.4 Å². The summed E-state index contributed by atoms with van der Waals surface area (Å²) in [6, 6.07) is 18.9. The van der Waals surface area contributed by atoms with Crippen LogP contribution in [0.15, 0.2) is 65.7 Å². The highest BCUT2D eigenvalue weighted by Gasteiger charge is 2.43. The number of ether oxygens (including phenoxy) is 1. The molecule has 2 saturated heterocycles. The second-order valence-corrected chi connectivity index (χ2v) is 12.0. The minimum atomic E-state index is -0.0570. The van der Waals surface area contributed by atoms with Crippen LogP contribution in [0.25, 0.3) is 26.3 Å². The van der Waals surface area contributed by atoms with E-state index in [0.717, 1.165) is 40.6 Å². The number of halogens is 1. The second kappa shape index (κ2) is 9.02. The van der Waals surface area contributed by atoms with Crippen LogP contribution in [0.2, 0.25) is 5.02 Å². The molecule has 184 valence electrons. The molecule has 1 aliphatic carbocycles. The molecular weight excluding hydrogens is 490 g/mol. The largest absolute Gasteiger partial charge is 0.490 e. The van der Waals surface area contributed by atoms with Crippen LogP contribution in [0, 0.1) is 5.92 Å². The van der Waals surface area contributed by atoms with Crippen LogP contribution in [-0.2, 0) is 0 Å². The molecule has 1 saturated carbocycles. The Morgan fingerprint density at radius 2 is 1.69 bits per heavy atom. The lowest BCUT2D eigenvalue weighted by atomic mass is 9.99. The van der Waals surface area contributed by atoms with E-state index < -0.39 is 0 Å². The molecule has 3 aliphatic rings. The summed E-state index contributed by atoms with van der Waals surface area (Å²) in [6.45, 7) is 1.30. The predicted octanol–water partition coefficient (Wildman–Crippen LogP) is 6.55. The Kier molecular flexibility index (Phi) is 5.64. The fourth-order valence-electron chi connectivity index (χ4n) is 5.95. The Morgan fingerprint density at radius 3 is 2.39 bits per heavy atom. The number of fused-ring (bicyclic) bond motifs is 3. The molecule has 3 atom stereocenters. The summed E-state index contributed by atoms with van der Waals surface area (Å²) in [7, 11) is 0. The van der Waals surface area contributed by atoms with Crippen LogP contribution < -0.4 is 10.3 Å². The van der Waals surface area contributed by atoms with E-state index in [1.165, 1.54) is 43.6 Å². The Hall–Kier alpha value is -2.67. The number of thiophene rings is 1. The van der Waals surface area contributed by atoms with Crippen LogP contribution in [0.1, 0.15) is 38.5 Å². The summed E-state index contributed by atoms with van der Waals surface area (Å²) < 4.78 is 8.69. The van der Waals surface area contributed by atoms with Gasteiger partial charge in [-0.25, -0.2) is 4.98 Å². The number of nitrogens with zero attached hydrogens (tertiary/aromatic N) is 3. The van der Waals surface area contributed by atoms with Gasteiger partial charge in [0.05, 0.1) is 11.2 Å². The van der Waals surface area contributed by atoms with E-state index in [0.29, 0.717) is 27.3 Å². The fraction of sp³-hybridized carbons (Fsp3) is 0.379. The van der Waals surface area contributed by atoms with Gasteiger partial charge in [-0.1, -0.05) is 23.7 Å². The molecule has 2 aromatic heterocycles. The number of hydrogen-bond acceptors (Lipinski definition) is 5. The maximum Gasteiger partial charge on any atom is 0.275 e. The van der Waals surface area contributed by atoms with Crippen molar-refractivity contribution in [1.29, 1.82) is 0 Å². The minimum Gasteiger partial charge on any atom is -0.490 e. The van der Waals surface area contributed by atoms with E-state index in [4.69, 9.17) is 16.3 Å². The van der Waals surface area contributed by atoms with Crippen LogP contribution in [-0.4, -0.2) is 39.2 Å². The first-order chi connectivity index (χ1) is 17.6. The summed E-state index contributed by atoms with van der Waals surface area (Å²) in [5, 5.41) is 0.694. The van der Waals surface area contributed by atoms with Crippen molar-refractivity contribution in [2.24, 2.45) is 5.92 Å². The van der Waals surface area contributed by atoms with Gasteiger partial charge in [0.2, 0.25) is 0 Å². The fourth-order valence-corrected chi connectivity index (χ4v) is 7.12. The van der Waals surface area contributed by atoms with Gasteiger partial charge in [0.25, 0.3) is 5.56 Å². The highest BCUT2D eigenvalue weighted by Crippen LogP contribution is 2.41. The standard InChI is InChI=1S/C29H28ClN3O2S/c30-20-5-3-19(4-6-20)27-15-26-28(36-27)29(34)33(17-31-26)21-9-11-24(12-10-21)35-25-13-22-7-8-23(14-25)32(22)16-18-1-2-18/h3-6,9-12,15,17-18,22-23,25H,1-2,7-8,13-14,16H2/t22-,23+,25?. The first kappa shape index (κ1) is 22.5. The van der Waals surface area contributed by atoms with Crippen molar-refractivity contribution in [2.75, 3.05) is 6.54 Å². The summed E-state index contributed by atoms with van der Waals surface area (Å²) in [5.74, 6) is 1.83. The Morgan fingerprint density at radius 1 is 0.972 bits per heavy atom. The van der Waals surface area contributed by atoms with E-state index in [1.54, 1.807) is 10.9 Å². The van der Waals surface area contributed by atoms with Crippen molar-refractivity contribution in [3.8, 4) is 21.9 Å². The van der Waals surface area contributed by atoms with E-state index in [9.17, 15) is 4.79 Å². The molecule has 0 radical (unpaired) electrons. The van der Waals surface area contributed by atoms with Crippen LogP contribution in [0.5, 0.6) is 5.75 Å². The van der Waals surface area contributed by atoms with Gasteiger partial charge in [0.1, 0.15) is 22.9 Å². The molecule has 0 N–H and O–H groups in total. The molecule has 5 nitrogen and oxygen atoms in total. The van der Waals surface area contributed by atoms with Gasteiger partial charge in [-0.3, -0.25) is 14.3 Å². The van der Waals surface area contributed by atoms with Gasteiger partial charge in [-0.2, -0.15) is 0 Å². The molecule has 3 fully saturated rings. The molecule has 2 bridgehead atoms. The van der Waals surface area contributed by atoms with Crippen molar-refractivity contribution in [3.05, 3.63) is 76.3 Å². The van der Waals surface area contributed by atoms with Gasteiger partial charge >= 0.3 is 0 Å². The lowest BCUT2D eigenvalue weighted by Crippen LogP contribution is -2.47. The Bertz CT molecular complexity index is 1440. The average Bonchev–Trinajstić information content (AvgIpc) is 3.54. The van der Waals surface area contributed by atoms with E-state index in [2.05, 4.69) is 9.88 Å². The quantitative estimate of drug-likeness (QED) is 0.291. The zero-order valence-electron chi connectivity index (χ0n) is 20.0. The highest BCUT2D eigenvalue weighted by atomic mass is 35.5. The number of piperidine rings is 1. The third kappa shape index (κ3) is 4.25. The molecular formula is C29H28ClN3O2S. The van der Waals surface area contributed by atoms with Crippen molar-refractivity contribution >= 4 is 33.2 Å². The van der Waals surface area contributed by atoms with Gasteiger partial charge in [-0.05, 0) is 92.5 Å².